The third kappa shape index (κ3) is 3.49. The molecular weight excluding hydrogens is 252 g/mol. The molecule has 1 rings (SSSR count). The molecule has 0 radical (unpaired) electrons. The Morgan fingerprint density at radius 1 is 1.33 bits per heavy atom. The van der Waals surface area contributed by atoms with Crippen LogP contribution >= 0.6 is 15.9 Å². The molecular formula is C12H19BrN2. The molecule has 0 fully saturated rings. The van der Waals surface area contributed by atoms with E-state index in [-0.39, 0.29) is 0 Å². The highest BCUT2D eigenvalue weighted by Gasteiger charge is 2.15. The predicted octanol–water partition coefficient (Wildman–Crippen LogP) is 3.47. The maximum atomic E-state index is 4.42. The lowest BCUT2D eigenvalue weighted by Gasteiger charge is -2.31. The van der Waals surface area contributed by atoms with Crippen molar-refractivity contribution in [1.29, 1.82) is 0 Å². The van der Waals surface area contributed by atoms with Gasteiger partial charge in [0.05, 0.1) is 0 Å². The Kier molecular flexibility index (Phi) is 5.69. The van der Waals surface area contributed by atoms with Crippen LogP contribution in [0.4, 0.5) is 5.82 Å². The van der Waals surface area contributed by atoms with Gasteiger partial charge >= 0.3 is 0 Å². The second-order valence-corrected chi connectivity index (χ2v) is 4.33. The molecule has 0 N–H and O–H groups in total. The van der Waals surface area contributed by atoms with Crippen LogP contribution in [-0.2, 0) is 0 Å². The van der Waals surface area contributed by atoms with Gasteiger partial charge in [0.15, 0.2) is 0 Å². The fourth-order valence-corrected chi connectivity index (χ4v) is 2.21. The second kappa shape index (κ2) is 6.83. The maximum absolute atomic E-state index is 4.42. The summed E-state index contributed by atoms with van der Waals surface area (Å²) >= 11 is 3.50. The molecule has 0 unspecified atom stereocenters. The van der Waals surface area contributed by atoms with Crippen molar-refractivity contribution in [2.24, 2.45) is 0 Å². The molecule has 0 saturated carbocycles. The molecule has 1 heterocycles. The van der Waals surface area contributed by atoms with E-state index in [1.165, 1.54) is 12.8 Å². The van der Waals surface area contributed by atoms with Crippen LogP contribution in [0.5, 0.6) is 0 Å². The normalized spacial score (nSPS) is 10.7. The van der Waals surface area contributed by atoms with Crippen LogP contribution in [0, 0.1) is 0 Å². The topological polar surface area (TPSA) is 16.1 Å². The molecule has 0 aliphatic heterocycles. The number of alkyl halides is 1. The van der Waals surface area contributed by atoms with Gasteiger partial charge in [0.2, 0.25) is 0 Å². The lowest BCUT2D eigenvalue weighted by Crippen LogP contribution is -2.36. The molecule has 1 aromatic rings. The molecule has 0 atom stereocenters. The van der Waals surface area contributed by atoms with Crippen molar-refractivity contribution in [3.05, 3.63) is 24.4 Å². The van der Waals surface area contributed by atoms with Gasteiger partial charge in [-0.1, -0.05) is 35.8 Å². The Bertz CT molecular complexity index is 260. The third-order valence-corrected chi connectivity index (χ3v) is 3.01. The zero-order valence-electron chi connectivity index (χ0n) is 9.49. The molecule has 84 valence electrons. The Hall–Kier alpha value is -0.570. The summed E-state index contributed by atoms with van der Waals surface area (Å²) in [4.78, 5) is 6.80. The Balaban J connectivity index is 2.81. The first-order chi connectivity index (χ1) is 7.33. The molecule has 0 amide bonds. The average molecular weight is 271 g/mol. The van der Waals surface area contributed by atoms with Crippen molar-refractivity contribution in [1.82, 2.24) is 4.98 Å². The van der Waals surface area contributed by atoms with E-state index >= 15 is 0 Å². The van der Waals surface area contributed by atoms with E-state index in [1.807, 2.05) is 18.3 Å². The summed E-state index contributed by atoms with van der Waals surface area (Å²) in [5.41, 5.74) is 0. The number of hydrogen-bond donors (Lipinski definition) is 0. The molecule has 1 aromatic heterocycles. The molecule has 3 heteroatoms. The predicted molar refractivity (Wildman–Crippen MR) is 69.7 cm³/mol. The maximum Gasteiger partial charge on any atom is 0.128 e. The van der Waals surface area contributed by atoms with Gasteiger partial charge in [-0.05, 0) is 25.0 Å². The highest BCUT2D eigenvalue weighted by atomic mass is 79.9. The second-order valence-electron chi connectivity index (χ2n) is 3.54. The Morgan fingerprint density at radius 2 is 2.07 bits per heavy atom. The summed E-state index contributed by atoms with van der Waals surface area (Å²) in [6.45, 7) is 5.49. The van der Waals surface area contributed by atoms with Crippen molar-refractivity contribution >= 4 is 21.7 Å². The smallest absolute Gasteiger partial charge is 0.128 e. The Morgan fingerprint density at radius 3 is 2.53 bits per heavy atom. The van der Waals surface area contributed by atoms with Crippen LogP contribution in [0.1, 0.15) is 26.7 Å². The number of aromatic nitrogens is 1. The summed E-state index contributed by atoms with van der Waals surface area (Å²) in [5.74, 6) is 1.09. The fourth-order valence-electron chi connectivity index (χ4n) is 1.83. The first-order valence-corrected chi connectivity index (χ1v) is 6.69. The van der Waals surface area contributed by atoms with E-state index in [2.05, 4.69) is 45.7 Å². The van der Waals surface area contributed by atoms with Crippen LogP contribution in [0.25, 0.3) is 0 Å². The van der Waals surface area contributed by atoms with Crippen molar-refractivity contribution in [2.75, 3.05) is 16.8 Å². The summed E-state index contributed by atoms with van der Waals surface area (Å²) in [6.07, 6.45) is 4.19. The van der Waals surface area contributed by atoms with Gasteiger partial charge in [0.25, 0.3) is 0 Å². The van der Waals surface area contributed by atoms with E-state index < -0.39 is 0 Å². The number of anilines is 1. The fraction of sp³-hybridized carbons (Fsp3) is 0.583. The van der Waals surface area contributed by atoms with E-state index in [0.29, 0.717) is 6.04 Å². The van der Waals surface area contributed by atoms with Crippen LogP contribution in [0.3, 0.4) is 0 Å². The summed E-state index contributed by atoms with van der Waals surface area (Å²) in [5, 5.41) is 0.986. The third-order valence-electron chi connectivity index (χ3n) is 2.65. The highest BCUT2D eigenvalue weighted by Crippen LogP contribution is 2.17. The van der Waals surface area contributed by atoms with Crippen molar-refractivity contribution in [3.63, 3.8) is 0 Å². The first-order valence-electron chi connectivity index (χ1n) is 5.57. The van der Waals surface area contributed by atoms with Crippen LogP contribution < -0.4 is 4.90 Å². The van der Waals surface area contributed by atoms with E-state index in [4.69, 9.17) is 0 Å². The SMILES string of the molecule is CCC(CC)N(CCBr)c1ccccn1. The van der Waals surface area contributed by atoms with Gasteiger partial charge in [0.1, 0.15) is 5.82 Å². The number of nitrogens with zero attached hydrogens (tertiary/aromatic N) is 2. The van der Waals surface area contributed by atoms with E-state index in [0.717, 1.165) is 17.7 Å². The first kappa shape index (κ1) is 12.5. The average Bonchev–Trinajstić information content (AvgIpc) is 2.30. The zero-order valence-corrected chi connectivity index (χ0v) is 11.1. The van der Waals surface area contributed by atoms with Crippen molar-refractivity contribution in [3.8, 4) is 0 Å². The standard InChI is InChI=1S/C12H19BrN2/c1-3-11(4-2)15(10-8-13)12-7-5-6-9-14-12/h5-7,9,11H,3-4,8,10H2,1-2H3. The van der Waals surface area contributed by atoms with E-state index in [1.54, 1.807) is 0 Å². The van der Waals surface area contributed by atoms with Crippen LogP contribution in [-0.4, -0.2) is 22.9 Å². The summed E-state index contributed by atoms with van der Waals surface area (Å²) in [7, 11) is 0. The van der Waals surface area contributed by atoms with Crippen molar-refractivity contribution < 1.29 is 0 Å². The number of rotatable bonds is 6. The molecule has 2 nitrogen and oxygen atoms in total. The number of pyridine rings is 1. The number of halogens is 1. The minimum Gasteiger partial charge on any atom is -0.353 e. The van der Waals surface area contributed by atoms with Gasteiger partial charge in [-0.15, -0.1) is 0 Å². The van der Waals surface area contributed by atoms with Crippen LogP contribution in [0.2, 0.25) is 0 Å². The van der Waals surface area contributed by atoms with Gasteiger partial charge in [-0.25, -0.2) is 4.98 Å². The Labute approximate surface area is 101 Å². The highest BCUT2D eigenvalue weighted by molar-refractivity contribution is 9.09. The summed E-state index contributed by atoms with van der Waals surface area (Å²) in [6, 6.07) is 6.69. The quantitative estimate of drug-likeness (QED) is 0.736. The molecule has 0 bridgehead atoms. The molecule has 0 aliphatic rings. The van der Waals surface area contributed by atoms with Crippen LogP contribution in [0.15, 0.2) is 24.4 Å². The van der Waals surface area contributed by atoms with Gasteiger partial charge < -0.3 is 4.90 Å². The van der Waals surface area contributed by atoms with Gasteiger partial charge in [-0.2, -0.15) is 0 Å². The van der Waals surface area contributed by atoms with E-state index in [9.17, 15) is 0 Å². The zero-order chi connectivity index (χ0) is 11.1. The lowest BCUT2D eigenvalue weighted by molar-refractivity contribution is 0.564. The molecule has 15 heavy (non-hydrogen) atoms. The minimum absolute atomic E-state index is 0.595. The molecule has 0 spiro atoms. The molecule has 0 aromatic carbocycles. The largest absolute Gasteiger partial charge is 0.353 e. The van der Waals surface area contributed by atoms with Gasteiger partial charge in [0, 0.05) is 24.1 Å². The minimum atomic E-state index is 0.595. The molecule has 0 aliphatic carbocycles. The van der Waals surface area contributed by atoms with Gasteiger partial charge in [-0.3, -0.25) is 0 Å². The lowest BCUT2D eigenvalue weighted by atomic mass is 10.1. The van der Waals surface area contributed by atoms with Crippen molar-refractivity contribution in [2.45, 2.75) is 32.7 Å². The summed E-state index contributed by atoms with van der Waals surface area (Å²) < 4.78 is 0. The number of hydrogen-bond acceptors (Lipinski definition) is 2. The molecule has 0 saturated heterocycles. The monoisotopic (exact) mass is 270 g/mol.